The number of carbonyl (C=O) groups is 1. The summed E-state index contributed by atoms with van der Waals surface area (Å²) in [4.78, 5) is 12.3. The summed E-state index contributed by atoms with van der Waals surface area (Å²) in [6.45, 7) is 4.88. The van der Waals surface area contributed by atoms with Gasteiger partial charge in [-0.1, -0.05) is 26.7 Å². The van der Waals surface area contributed by atoms with Gasteiger partial charge >= 0.3 is 5.97 Å². The summed E-state index contributed by atoms with van der Waals surface area (Å²) in [5.74, 6) is 0.482. The first kappa shape index (κ1) is 19.3. The Morgan fingerprint density at radius 2 is 1.88 bits per heavy atom. The van der Waals surface area contributed by atoms with E-state index in [0.29, 0.717) is 12.2 Å². The van der Waals surface area contributed by atoms with Crippen LogP contribution in [0.4, 0.5) is 0 Å². The van der Waals surface area contributed by atoms with Gasteiger partial charge in [0.25, 0.3) is 0 Å². The number of hydrogen-bond donors (Lipinski definition) is 0. The quantitative estimate of drug-likeness (QED) is 0.603. The molecular formula is C21H29NO3. The second kappa shape index (κ2) is 9.46. The molecule has 0 saturated heterocycles. The van der Waals surface area contributed by atoms with Crippen LogP contribution >= 0.6 is 0 Å². The van der Waals surface area contributed by atoms with E-state index in [1.807, 2.05) is 0 Å². The molecule has 0 amide bonds. The highest BCUT2D eigenvalue weighted by atomic mass is 16.5. The molecule has 4 heteroatoms. The average Bonchev–Trinajstić information content (AvgIpc) is 2.66. The van der Waals surface area contributed by atoms with Gasteiger partial charge in [-0.2, -0.15) is 5.26 Å². The highest BCUT2D eigenvalue weighted by molar-refractivity contribution is 5.89. The molecule has 1 saturated carbocycles. The predicted octanol–water partition coefficient (Wildman–Crippen LogP) is 5.27. The van der Waals surface area contributed by atoms with Gasteiger partial charge < -0.3 is 9.47 Å². The Morgan fingerprint density at radius 1 is 1.20 bits per heavy atom. The van der Waals surface area contributed by atoms with Crippen LogP contribution in [0.1, 0.15) is 75.6 Å². The van der Waals surface area contributed by atoms with Crippen LogP contribution in [0, 0.1) is 16.7 Å². The zero-order valence-corrected chi connectivity index (χ0v) is 15.4. The Kier molecular flexibility index (Phi) is 7.31. The van der Waals surface area contributed by atoms with Gasteiger partial charge in [0, 0.05) is 0 Å². The highest BCUT2D eigenvalue weighted by Crippen LogP contribution is 2.41. The first-order chi connectivity index (χ1) is 12.1. The van der Waals surface area contributed by atoms with Crippen molar-refractivity contribution in [2.24, 2.45) is 5.41 Å². The van der Waals surface area contributed by atoms with Crippen molar-refractivity contribution in [2.75, 3.05) is 6.61 Å². The van der Waals surface area contributed by atoms with Gasteiger partial charge in [-0.25, -0.2) is 4.79 Å². The Morgan fingerprint density at radius 3 is 2.44 bits per heavy atom. The van der Waals surface area contributed by atoms with E-state index in [0.717, 1.165) is 57.1 Å². The fraction of sp³-hybridized carbons (Fsp3) is 0.619. The fourth-order valence-electron chi connectivity index (χ4n) is 3.32. The molecule has 1 aromatic carbocycles. The van der Waals surface area contributed by atoms with Crippen LogP contribution in [0.15, 0.2) is 24.3 Å². The van der Waals surface area contributed by atoms with E-state index in [1.165, 1.54) is 0 Å². The van der Waals surface area contributed by atoms with E-state index in [4.69, 9.17) is 9.47 Å². The predicted molar refractivity (Wildman–Crippen MR) is 97.5 cm³/mol. The summed E-state index contributed by atoms with van der Waals surface area (Å²) in [7, 11) is 0. The second-order valence-corrected chi connectivity index (χ2v) is 6.97. The van der Waals surface area contributed by atoms with Crippen LogP contribution in [0.25, 0.3) is 0 Å². The van der Waals surface area contributed by atoms with Gasteiger partial charge in [-0.15, -0.1) is 0 Å². The molecule has 0 radical (unpaired) electrons. The van der Waals surface area contributed by atoms with Gasteiger partial charge in [-0.05, 0) is 62.8 Å². The third kappa shape index (κ3) is 5.49. The number of rotatable bonds is 8. The Hall–Kier alpha value is -2.02. The number of benzene rings is 1. The van der Waals surface area contributed by atoms with Crippen molar-refractivity contribution in [3.63, 3.8) is 0 Å². The lowest BCUT2D eigenvalue weighted by Gasteiger charge is -2.34. The van der Waals surface area contributed by atoms with E-state index in [-0.39, 0.29) is 17.5 Å². The van der Waals surface area contributed by atoms with Gasteiger partial charge in [0.15, 0.2) is 0 Å². The number of unbranched alkanes of at least 4 members (excludes halogenated alkanes) is 1. The summed E-state index contributed by atoms with van der Waals surface area (Å²) in [5.41, 5.74) is 0.337. The summed E-state index contributed by atoms with van der Waals surface area (Å²) < 4.78 is 11.2. The summed E-state index contributed by atoms with van der Waals surface area (Å²) in [6, 6.07) is 9.63. The molecule has 0 aliphatic heterocycles. The van der Waals surface area contributed by atoms with Crippen LogP contribution in [0.2, 0.25) is 0 Å². The van der Waals surface area contributed by atoms with Crippen molar-refractivity contribution in [3.8, 4) is 11.8 Å². The minimum Gasteiger partial charge on any atom is -0.494 e. The average molecular weight is 343 g/mol. The molecule has 1 aliphatic rings. The number of nitriles is 1. The van der Waals surface area contributed by atoms with Crippen molar-refractivity contribution in [1.29, 1.82) is 5.26 Å². The Bertz CT molecular complexity index is 580. The van der Waals surface area contributed by atoms with E-state index in [2.05, 4.69) is 19.9 Å². The molecule has 0 heterocycles. The summed E-state index contributed by atoms with van der Waals surface area (Å²) in [5, 5.41) is 9.53. The molecule has 0 bridgehead atoms. The summed E-state index contributed by atoms with van der Waals surface area (Å²) >= 11 is 0. The monoisotopic (exact) mass is 343 g/mol. The lowest BCUT2D eigenvalue weighted by Crippen LogP contribution is -2.31. The molecule has 0 aromatic heterocycles. The largest absolute Gasteiger partial charge is 0.494 e. The summed E-state index contributed by atoms with van der Waals surface area (Å²) in [6.07, 6.45) is 7.24. The molecule has 1 fully saturated rings. The van der Waals surface area contributed by atoms with Crippen LogP contribution in [0.5, 0.6) is 5.75 Å². The topological polar surface area (TPSA) is 59.3 Å². The van der Waals surface area contributed by atoms with Crippen LogP contribution < -0.4 is 4.74 Å². The molecule has 136 valence electrons. The standard InChI is InChI=1S/C21H29NO3/c1-3-5-12-21(16-22)13-10-19(11-14-21)25-20(23)17-6-8-18(9-7-17)24-15-4-2/h6-9,19H,3-5,10-15H2,1-2H3/t19-,21-. The van der Waals surface area contributed by atoms with E-state index < -0.39 is 0 Å². The number of ether oxygens (including phenoxy) is 2. The minimum atomic E-state index is -0.287. The fourth-order valence-corrected chi connectivity index (χ4v) is 3.32. The zero-order valence-electron chi connectivity index (χ0n) is 15.4. The lowest BCUT2D eigenvalue weighted by molar-refractivity contribution is 0.0105. The lowest BCUT2D eigenvalue weighted by atomic mass is 9.71. The number of hydrogen-bond acceptors (Lipinski definition) is 4. The Balaban J connectivity index is 1.84. The molecule has 4 nitrogen and oxygen atoms in total. The molecule has 1 aromatic rings. The number of nitrogens with zero attached hydrogens (tertiary/aromatic N) is 1. The normalized spacial score (nSPS) is 22.8. The maximum Gasteiger partial charge on any atom is 0.338 e. The highest BCUT2D eigenvalue weighted by Gasteiger charge is 2.36. The van der Waals surface area contributed by atoms with Crippen LogP contribution in [0.3, 0.4) is 0 Å². The number of esters is 1. The van der Waals surface area contributed by atoms with Crippen molar-refractivity contribution in [1.82, 2.24) is 0 Å². The molecule has 0 spiro atoms. The van der Waals surface area contributed by atoms with Gasteiger partial charge in [-0.3, -0.25) is 0 Å². The van der Waals surface area contributed by atoms with Gasteiger partial charge in [0.1, 0.15) is 11.9 Å². The van der Waals surface area contributed by atoms with E-state index >= 15 is 0 Å². The van der Waals surface area contributed by atoms with Crippen LogP contribution in [-0.2, 0) is 4.74 Å². The third-order valence-electron chi connectivity index (χ3n) is 4.97. The van der Waals surface area contributed by atoms with E-state index in [1.54, 1.807) is 24.3 Å². The van der Waals surface area contributed by atoms with Gasteiger partial charge in [0.05, 0.1) is 23.7 Å². The SMILES string of the molecule is CCCC[C@]1(C#N)CC[C@H](OC(=O)c2ccc(OCCC)cc2)CC1. The molecular weight excluding hydrogens is 314 g/mol. The maximum absolute atomic E-state index is 12.3. The van der Waals surface area contributed by atoms with Gasteiger partial charge in [0.2, 0.25) is 0 Å². The molecule has 0 atom stereocenters. The van der Waals surface area contributed by atoms with Crippen molar-refractivity contribution in [3.05, 3.63) is 29.8 Å². The van der Waals surface area contributed by atoms with Crippen molar-refractivity contribution >= 4 is 5.97 Å². The van der Waals surface area contributed by atoms with Crippen molar-refractivity contribution in [2.45, 2.75) is 71.3 Å². The van der Waals surface area contributed by atoms with Crippen molar-refractivity contribution < 1.29 is 14.3 Å². The van der Waals surface area contributed by atoms with Crippen LogP contribution in [-0.4, -0.2) is 18.7 Å². The molecule has 0 unspecified atom stereocenters. The molecule has 25 heavy (non-hydrogen) atoms. The molecule has 0 N–H and O–H groups in total. The maximum atomic E-state index is 12.3. The third-order valence-corrected chi connectivity index (χ3v) is 4.97. The first-order valence-electron chi connectivity index (χ1n) is 9.47. The van der Waals surface area contributed by atoms with E-state index in [9.17, 15) is 10.1 Å². The second-order valence-electron chi connectivity index (χ2n) is 6.97. The zero-order chi connectivity index (χ0) is 18.1. The minimum absolute atomic E-state index is 0.0772. The number of carbonyl (C=O) groups excluding carboxylic acids is 1. The molecule has 1 aliphatic carbocycles. The Labute approximate surface area is 151 Å². The smallest absolute Gasteiger partial charge is 0.338 e. The first-order valence-corrected chi connectivity index (χ1v) is 9.47. The molecule has 2 rings (SSSR count).